The molecule has 1 heterocycles. The molecule has 4 heteroatoms. The maximum absolute atomic E-state index is 12.2. The number of rotatable bonds is 6. The first-order valence-corrected chi connectivity index (χ1v) is 8.56. The molecule has 0 radical (unpaired) electrons. The SMILES string of the molecule is CNC1(C(=O)OC)CCCC1CCN1CCCC1C(C)C. The molecule has 0 aromatic carbocycles. The molecule has 0 bridgehead atoms. The van der Waals surface area contributed by atoms with Gasteiger partial charge in [-0.15, -0.1) is 0 Å². The van der Waals surface area contributed by atoms with Crippen molar-refractivity contribution in [1.29, 1.82) is 0 Å². The number of nitrogens with one attached hydrogen (secondary N) is 1. The maximum atomic E-state index is 12.2. The number of esters is 1. The molecule has 21 heavy (non-hydrogen) atoms. The zero-order chi connectivity index (χ0) is 15.5. The first kappa shape index (κ1) is 16.8. The van der Waals surface area contributed by atoms with E-state index in [1.54, 1.807) is 0 Å². The Balaban J connectivity index is 1.97. The van der Waals surface area contributed by atoms with Gasteiger partial charge in [0.15, 0.2) is 0 Å². The second-order valence-electron chi connectivity index (χ2n) is 7.08. The summed E-state index contributed by atoms with van der Waals surface area (Å²) in [6.07, 6.45) is 6.91. The van der Waals surface area contributed by atoms with Crippen LogP contribution in [-0.4, -0.2) is 49.7 Å². The van der Waals surface area contributed by atoms with Crippen molar-refractivity contribution in [1.82, 2.24) is 10.2 Å². The fourth-order valence-electron chi connectivity index (χ4n) is 4.56. The zero-order valence-corrected chi connectivity index (χ0v) is 14.2. The molecule has 2 aliphatic rings. The molecule has 3 atom stereocenters. The van der Waals surface area contributed by atoms with E-state index in [-0.39, 0.29) is 5.97 Å². The molecular formula is C17H32N2O2. The molecular weight excluding hydrogens is 264 g/mol. The van der Waals surface area contributed by atoms with Crippen LogP contribution >= 0.6 is 0 Å². The Labute approximate surface area is 129 Å². The number of carbonyl (C=O) groups is 1. The van der Waals surface area contributed by atoms with E-state index in [1.165, 1.54) is 26.5 Å². The standard InChI is InChI=1S/C17H32N2O2/c1-13(2)15-8-6-11-19(15)12-9-14-7-5-10-17(14,18-3)16(20)21-4/h13-15,18H,5-12H2,1-4H3. The van der Waals surface area contributed by atoms with Crippen LogP contribution in [0.25, 0.3) is 0 Å². The van der Waals surface area contributed by atoms with Gasteiger partial charge in [0.25, 0.3) is 0 Å². The van der Waals surface area contributed by atoms with Crippen LogP contribution in [0.2, 0.25) is 0 Å². The predicted molar refractivity (Wildman–Crippen MR) is 85.2 cm³/mol. The van der Waals surface area contributed by atoms with Crippen molar-refractivity contribution in [3.05, 3.63) is 0 Å². The molecule has 1 aliphatic heterocycles. The Bertz CT molecular complexity index is 359. The fraction of sp³-hybridized carbons (Fsp3) is 0.941. The van der Waals surface area contributed by atoms with Gasteiger partial charge < -0.3 is 15.0 Å². The van der Waals surface area contributed by atoms with Gasteiger partial charge in [-0.25, -0.2) is 0 Å². The van der Waals surface area contributed by atoms with Crippen molar-refractivity contribution >= 4 is 5.97 Å². The summed E-state index contributed by atoms with van der Waals surface area (Å²) in [6, 6.07) is 0.730. The van der Waals surface area contributed by atoms with E-state index in [2.05, 4.69) is 24.1 Å². The number of hydrogen-bond donors (Lipinski definition) is 1. The van der Waals surface area contributed by atoms with Gasteiger partial charge in [0.1, 0.15) is 5.54 Å². The zero-order valence-electron chi connectivity index (χ0n) is 14.2. The van der Waals surface area contributed by atoms with Crippen LogP contribution in [0.1, 0.15) is 52.4 Å². The van der Waals surface area contributed by atoms with Gasteiger partial charge in [0.05, 0.1) is 7.11 Å². The molecule has 122 valence electrons. The molecule has 4 nitrogen and oxygen atoms in total. The fourth-order valence-corrected chi connectivity index (χ4v) is 4.56. The van der Waals surface area contributed by atoms with Gasteiger partial charge in [0, 0.05) is 6.04 Å². The van der Waals surface area contributed by atoms with Crippen molar-refractivity contribution < 1.29 is 9.53 Å². The number of nitrogens with zero attached hydrogens (tertiary/aromatic N) is 1. The Hall–Kier alpha value is -0.610. The van der Waals surface area contributed by atoms with Gasteiger partial charge in [-0.05, 0) is 64.1 Å². The number of likely N-dealkylation sites (N-methyl/N-ethyl adjacent to an activating group) is 1. The molecule has 0 aromatic heterocycles. The van der Waals surface area contributed by atoms with Crippen molar-refractivity contribution in [2.45, 2.75) is 64.0 Å². The summed E-state index contributed by atoms with van der Waals surface area (Å²) in [5, 5.41) is 3.29. The predicted octanol–water partition coefficient (Wildman–Crippen LogP) is 2.43. The molecule has 0 amide bonds. The van der Waals surface area contributed by atoms with Gasteiger partial charge in [-0.1, -0.05) is 20.3 Å². The van der Waals surface area contributed by atoms with Crippen LogP contribution < -0.4 is 5.32 Å². The highest BCUT2D eigenvalue weighted by atomic mass is 16.5. The number of ether oxygens (including phenoxy) is 1. The minimum atomic E-state index is -0.443. The Kier molecular flexibility index (Phi) is 5.67. The summed E-state index contributed by atoms with van der Waals surface area (Å²) in [7, 11) is 3.41. The van der Waals surface area contributed by atoms with Crippen molar-refractivity contribution in [3.63, 3.8) is 0 Å². The molecule has 2 rings (SSSR count). The van der Waals surface area contributed by atoms with Crippen LogP contribution in [-0.2, 0) is 9.53 Å². The second kappa shape index (κ2) is 7.10. The van der Waals surface area contributed by atoms with Crippen molar-refractivity contribution in [2.75, 3.05) is 27.2 Å². The first-order chi connectivity index (χ1) is 10.0. The van der Waals surface area contributed by atoms with Gasteiger partial charge in [-0.2, -0.15) is 0 Å². The lowest BCUT2D eigenvalue weighted by molar-refractivity contribution is -0.150. The third-order valence-electron chi connectivity index (χ3n) is 5.76. The summed E-state index contributed by atoms with van der Waals surface area (Å²) < 4.78 is 5.07. The van der Waals surface area contributed by atoms with Crippen LogP contribution in [0, 0.1) is 11.8 Å². The quantitative estimate of drug-likeness (QED) is 0.764. The smallest absolute Gasteiger partial charge is 0.326 e. The average molecular weight is 296 g/mol. The molecule has 1 saturated heterocycles. The topological polar surface area (TPSA) is 41.6 Å². The minimum Gasteiger partial charge on any atom is -0.468 e. The van der Waals surface area contributed by atoms with E-state index in [0.29, 0.717) is 5.92 Å². The molecule has 2 fully saturated rings. The number of carbonyl (C=O) groups excluding carboxylic acids is 1. The van der Waals surface area contributed by atoms with Crippen molar-refractivity contribution in [3.8, 4) is 0 Å². The summed E-state index contributed by atoms with van der Waals surface area (Å²) in [5.41, 5.74) is -0.443. The van der Waals surface area contributed by atoms with Crippen LogP contribution in [0.15, 0.2) is 0 Å². The lowest BCUT2D eigenvalue weighted by Crippen LogP contribution is -2.54. The minimum absolute atomic E-state index is 0.0747. The summed E-state index contributed by atoms with van der Waals surface area (Å²) in [4.78, 5) is 14.9. The maximum Gasteiger partial charge on any atom is 0.326 e. The third kappa shape index (κ3) is 3.26. The summed E-state index contributed by atoms with van der Waals surface area (Å²) in [6.45, 7) is 6.99. The van der Waals surface area contributed by atoms with Crippen molar-refractivity contribution in [2.24, 2.45) is 11.8 Å². The highest BCUT2D eigenvalue weighted by Crippen LogP contribution is 2.39. The lowest BCUT2D eigenvalue weighted by Gasteiger charge is -2.35. The number of hydrogen-bond acceptors (Lipinski definition) is 4. The van der Waals surface area contributed by atoms with E-state index in [1.807, 2.05) is 7.05 Å². The summed E-state index contributed by atoms with van der Waals surface area (Å²) >= 11 is 0. The molecule has 3 unspecified atom stereocenters. The largest absolute Gasteiger partial charge is 0.468 e. The Morgan fingerprint density at radius 1 is 1.38 bits per heavy atom. The Morgan fingerprint density at radius 2 is 2.14 bits per heavy atom. The lowest BCUT2D eigenvalue weighted by atomic mass is 9.84. The van der Waals surface area contributed by atoms with E-state index in [9.17, 15) is 4.79 Å². The molecule has 0 spiro atoms. The van der Waals surface area contributed by atoms with Gasteiger partial charge >= 0.3 is 5.97 Å². The second-order valence-corrected chi connectivity index (χ2v) is 7.08. The number of methoxy groups -OCH3 is 1. The average Bonchev–Trinajstić information content (AvgIpc) is 3.10. The van der Waals surface area contributed by atoms with Crippen LogP contribution in [0.4, 0.5) is 0 Å². The van der Waals surface area contributed by atoms with Crippen LogP contribution in [0.5, 0.6) is 0 Å². The first-order valence-electron chi connectivity index (χ1n) is 8.56. The summed E-state index contributed by atoms with van der Waals surface area (Å²) in [5.74, 6) is 1.06. The highest BCUT2D eigenvalue weighted by Gasteiger charge is 2.48. The van der Waals surface area contributed by atoms with E-state index in [4.69, 9.17) is 4.74 Å². The van der Waals surface area contributed by atoms with E-state index < -0.39 is 5.54 Å². The Morgan fingerprint density at radius 3 is 2.76 bits per heavy atom. The normalized spacial score (nSPS) is 33.8. The molecule has 1 N–H and O–H groups in total. The third-order valence-corrected chi connectivity index (χ3v) is 5.76. The highest BCUT2D eigenvalue weighted by molar-refractivity contribution is 5.81. The van der Waals surface area contributed by atoms with Gasteiger partial charge in [0.2, 0.25) is 0 Å². The van der Waals surface area contributed by atoms with Gasteiger partial charge in [-0.3, -0.25) is 4.79 Å². The molecule has 0 aromatic rings. The monoisotopic (exact) mass is 296 g/mol. The van der Waals surface area contributed by atoms with Crippen LogP contribution in [0.3, 0.4) is 0 Å². The molecule has 1 aliphatic carbocycles. The number of likely N-dealkylation sites (tertiary alicyclic amines) is 1. The molecule has 1 saturated carbocycles. The van der Waals surface area contributed by atoms with E-state index >= 15 is 0 Å². The van der Waals surface area contributed by atoms with E-state index in [0.717, 1.165) is 44.2 Å².